The second-order valence-electron chi connectivity index (χ2n) is 5.34. The van der Waals surface area contributed by atoms with Gasteiger partial charge in [0.1, 0.15) is 18.2 Å². The summed E-state index contributed by atoms with van der Waals surface area (Å²) in [5, 5.41) is 4.39. The van der Waals surface area contributed by atoms with E-state index in [2.05, 4.69) is 20.5 Å². The van der Waals surface area contributed by atoms with Crippen molar-refractivity contribution in [3.05, 3.63) is 48.3 Å². The quantitative estimate of drug-likeness (QED) is 0.489. The predicted molar refractivity (Wildman–Crippen MR) is 101 cm³/mol. The summed E-state index contributed by atoms with van der Waals surface area (Å²) in [5.41, 5.74) is 5.59. The fourth-order valence-electron chi connectivity index (χ4n) is 2.20. The average molecular weight is 356 g/mol. The molecule has 0 radical (unpaired) electrons. The van der Waals surface area contributed by atoms with Crippen LogP contribution >= 0.6 is 11.8 Å². The van der Waals surface area contributed by atoms with Crippen molar-refractivity contribution < 1.29 is 9.47 Å². The van der Waals surface area contributed by atoms with E-state index in [1.165, 1.54) is 0 Å². The summed E-state index contributed by atoms with van der Waals surface area (Å²) in [6, 6.07) is 11.7. The lowest BCUT2D eigenvalue weighted by molar-refractivity contribution is 0.146. The van der Waals surface area contributed by atoms with Gasteiger partial charge in [-0.1, -0.05) is 6.07 Å². The molecule has 1 aliphatic heterocycles. The fourth-order valence-corrected chi connectivity index (χ4v) is 3.04. The number of hydrogen-bond donors (Lipinski definition) is 1. The third-order valence-corrected chi connectivity index (χ3v) is 4.57. The largest absolute Gasteiger partial charge is 0.491 e. The minimum Gasteiger partial charge on any atom is -0.491 e. The average Bonchev–Trinajstić information content (AvgIpc) is 2.66. The Labute approximate surface area is 151 Å². The van der Waals surface area contributed by atoms with Gasteiger partial charge in [-0.15, -0.1) is 11.8 Å². The Morgan fingerprint density at radius 2 is 2.20 bits per heavy atom. The lowest BCUT2D eigenvalue weighted by Gasteiger charge is -2.16. The first kappa shape index (κ1) is 17.4. The fraction of sp³-hybridized carbons (Fsp3) is 0.278. The number of hydrazone groups is 1. The van der Waals surface area contributed by atoms with Crippen molar-refractivity contribution in [2.24, 2.45) is 10.1 Å². The zero-order chi connectivity index (χ0) is 17.5. The number of nitrogens with one attached hydrogen (secondary N) is 1. The number of methoxy groups -OCH3 is 1. The summed E-state index contributed by atoms with van der Waals surface area (Å²) in [6.07, 6.45) is 1.75. The van der Waals surface area contributed by atoms with Crippen molar-refractivity contribution in [1.82, 2.24) is 10.4 Å². The second-order valence-corrected chi connectivity index (χ2v) is 6.36. The Kier molecular flexibility index (Phi) is 6.03. The van der Waals surface area contributed by atoms with Crippen LogP contribution in [0, 0.1) is 0 Å². The first-order valence-corrected chi connectivity index (χ1v) is 8.92. The van der Waals surface area contributed by atoms with Crippen molar-refractivity contribution in [2.45, 2.75) is 11.8 Å². The molecule has 0 aliphatic carbocycles. The maximum absolute atomic E-state index is 5.64. The van der Waals surface area contributed by atoms with Crippen LogP contribution in [0.3, 0.4) is 0 Å². The van der Waals surface area contributed by atoms with Gasteiger partial charge in [-0.25, -0.2) is 4.99 Å². The van der Waals surface area contributed by atoms with E-state index >= 15 is 0 Å². The zero-order valence-corrected chi connectivity index (χ0v) is 15.0. The summed E-state index contributed by atoms with van der Waals surface area (Å²) in [7, 11) is 1.66. The van der Waals surface area contributed by atoms with Crippen LogP contribution in [-0.2, 0) is 4.74 Å². The van der Waals surface area contributed by atoms with Crippen molar-refractivity contribution in [1.29, 1.82) is 0 Å². The molecular weight excluding hydrogens is 336 g/mol. The van der Waals surface area contributed by atoms with Crippen LogP contribution in [0.5, 0.6) is 5.75 Å². The van der Waals surface area contributed by atoms with Gasteiger partial charge in [0.15, 0.2) is 0 Å². The van der Waals surface area contributed by atoms with Crippen molar-refractivity contribution >= 4 is 29.0 Å². The number of pyridine rings is 1. The molecule has 0 atom stereocenters. The van der Waals surface area contributed by atoms with E-state index in [4.69, 9.17) is 9.47 Å². The van der Waals surface area contributed by atoms with Gasteiger partial charge in [-0.2, -0.15) is 5.10 Å². The van der Waals surface area contributed by atoms with Crippen molar-refractivity contribution in [2.75, 3.05) is 26.1 Å². The number of ether oxygens (including phenoxy) is 2. The molecule has 130 valence electrons. The van der Waals surface area contributed by atoms with E-state index in [-0.39, 0.29) is 0 Å². The van der Waals surface area contributed by atoms with E-state index in [0.717, 1.165) is 39.3 Å². The van der Waals surface area contributed by atoms with Crippen molar-refractivity contribution in [3.63, 3.8) is 0 Å². The number of nitrogens with zero attached hydrogens (tertiary/aromatic N) is 3. The molecule has 0 saturated heterocycles. The van der Waals surface area contributed by atoms with Gasteiger partial charge in [0.2, 0.25) is 0 Å². The molecule has 0 spiro atoms. The number of aromatic nitrogens is 1. The molecule has 2 aromatic rings. The maximum Gasteiger partial charge on any atom is 0.133 e. The molecule has 25 heavy (non-hydrogen) atoms. The number of amidine groups is 1. The smallest absolute Gasteiger partial charge is 0.133 e. The molecule has 1 aromatic heterocycles. The number of benzene rings is 1. The highest BCUT2D eigenvalue weighted by molar-refractivity contribution is 8.00. The zero-order valence-electron chi connectivity index (χ0n) is 14.2. The van der Waals surface area contributed by atoms with Crippen LogP contribution < -0.4 is 10.2 Å². The van der Waals surface area contributed by atoms with Crippen LogP contribution in [0.25, 0.3) is 0 Å². The molecule has 6 nitrogen and oxygen atoms in total. The summed E-state index contributed by atoms with van der Waals surface area (Å²) in [4.78, 5) is 10.1. The van der Waals surface area contributed by atoms with Crippen LogP contribution in [-0.4, -0.2) is 42.6 Å². The highest BCUT2D eigenvalue weighted by Crippen LogP contribution is 2.36. The predicted octanol–water partition coefficient (Wildman–Crippen LogP) is 3.26. The van der Waals surface area contributed by atoms with Crippen LogP contribution in [0.1, 0.15) is 12.6 Å². The molecule has 7 heteroatoms. The highest BCUT2D eigenvalue weighted by atomic mass is 32.2. The minimum absolute atomic E-state index is 0.519. The van der Waals surface area contributed by atoms with Crippen LogP contribution in [0.15, 0.2) is 57.6 Å². The molecule has 0 bridgehead atoms. The normalized spacial score (nSPS) is 13.8. The molecule has 3 rings (SSSR count). The molecule has 0 fully saturated rings. The van der Waals surface area contributed by atoms with Gasteiger partial charge < -0.3 is 9.47 Å². The van der Waals surface area contributed by atoms with Gasteiger partial charge >= 0.3 is 0 Å². The Morgan fingerprint density at radius 3 is 3.00 bits per heavy atom. The summed E-state index contributed by atoms with van der Waals surface area (Å²) in [6.45, 7) is 3.00. The Hall–Kier alpha value is -2.38. The number of thioether (sulfide) groups is 1. The van der Waals surface area contributed by atoms with E-state index in [1.54, 1.807) is 25.1 Å². The monoisotopic (exact) mass is 356 g/mol. The number of aliphatic imine (C=N–C) groups is 1. The third kappa shape index (κ3) is 4.80. The van der Waals surface area contributed by atoms with Crippen molar-refractivity contribution in [3.8, 4) is 5.75 Å². The highest BCUT2D eigenvalue weighted by Gasteiger charge is 2.13. The molecule has 1 N–H and O–H groups in total. The Balaban J connectivity index is 1.69. The standard InChI is InChI=1S/C18H20N4O2S/c1-13(15-5-3-4-8-19-15)21-22-18-12-25-17-7-6-14(11-16(17)20-18)24-10-9-23-2/h3-8,11H,9-10,12H2,1-2H3,(H,20,22)/b21-13+. The Morgan fingerprint density at radius 1 is 1.28 bits per heavy atom. The van der Waals surface area contributed by atoms with E-state index in [1.807, 2.05) is 43.3 Å². The first-order chi connectivity index (χ1) is 12.3. The molecule has 0 unspecified atom stereocenters. The Bertz CT molecular complexity index is 778. The maximum atomic E-state index is 5.64. The molecular formula is C18H20N4O2S. The van der Waals surface area contributed by atoms with Gasteiger partial charge in [0, 0.05) is 24.3 Å². The van der Waals surface area contributed by atoms with Gasteiger partial charge in [-0.05, 0) is 31.2 Å². The third-order valence-electron chi connectivity index (χ3n) is 3.49. The number of hydrogen-bond acceptors (Lipinski definition) is 7. The molecule has 2 heterocycles. The lowest BCUT2D eigenvalue weighted by atomic mass is 10.3. The van der Waals surface area contributed by atoms with Gasteiger partial charge in [0.05, 0.1) is 29.5 Å². The van der Waals surface area contributed by atoms with Crippen LogP contribution in [0.2, 0.25) is 0 Å². The number of rotatable bonds is 6. The molecule has 1 aliphatic rings. The SMILES string of the molecule is COCCOc1ccc2c(c1)N=C(N/N=C(\C)c1ccccn1)CS2. The molecule has 1 aromatic carbocycles. The van der Waals surface area contributed by atoms with E-state index < -0.39 is 0 Å². The number of fused-ring (bicyclic) bond motifs is 1. The summed E-state index contributed by atoms with van der Waals surface area (Å²) >= 11 is 1.72. The molecule has 0 saturated carbocycles. The molecule has 0 amide bonds. The summed E-state index contributed by atoms with van der Waals surface area (Å²) < 4.78 is 10.6. The van der Waals surface area contributed by atoms with E-state index in [0.29, 0.717) is 13.2 Å². The topological polar surface area (TPSA) is 68.1 Å². The second kappa shape index (κ2) is 8.64. The van der Waals surface area contributed by atoms with E-state index in [9.17, 15) is 0 Å². The van der Waals surface area contributed by atoms with Crippen LogP contribution in [0.4, 0.5) is 5.69 Å². The lowest BCUT2D eigenvalue weighted by Crippen LogP contribution is -2.23. The minimum atomic E-state index is 0.519. The van der Waals surface area contributed by atoms with Gasteiger partial charge in [0.25, 0.3) is 0 Å². The first-order valence-electron chi connectivity index (χ1n) is 7.94. The summed E-state index contributed by atoms with van der Waals surface area (Å²) in [5.74, 6) is 2.34. The van der Waals surface area contributed by atoms with Gasteiger partial charge in [-0.3, -0.25) is 10.4 Å².